The average molecular weight is 289 g/mol. The minimum atomic E-state index is -0.00567. The van der Waals surface area contributed by atoms with Crippen molar-refractivity contribution in [1.82, 2.24) is 0 Å². The Kier molecular flexibility index (Phi) is 5.63. The lowest BCUT2D eigenvalue weighted by atomic mass is 9.92. The van der Waals surface area contributed by atoms with Gasteiger partial charge in [0.25, 0.3) is 0 Å². The lowest BCUT2D eigenvalue weighted by molar-refractivity contribution is 0.202. The fraction of sp³-hybridized carbons (Fsp3) is 0.333. The molecule has 0 aliphatic heterocycles. The lowest BCUT2D eigenvalue weighted by Crippen LogP contribution is -2.03. The summed E-state index contributed by atoms with van der Waals surface area (Å²) in [6.07, 6.45) is 0.942. The fourth-order valence-corrected chi connectivity index (χ4v) is 2.59. The Morgan fingerprint density at radius 1 is 0.950 bits per heavy atom. The highest BCUT2D eigenvalue weighted by atomic mass is 35.5. The molecule has 2 aromatic rings. The van der Waals surface area contributed by atoms with Crippen LogP contribution in [0.3, 0.4) is 0 Å². The molecule has 0 amide bonds. The number of benzene rings is 2. The zero-order valence-corrected chi connectivity index (χ0v) is 12.8. The number of methoxy groups -OCH3 is 1. The molecule has 0 fully saturated rings. The van der Waals surface area contributed by atoms with E-state index in [4.69, 9.17) is 16.3 Å². The van der Waals surface area contributed by atoms with Crippen LogP contribution in [0, 0.1) is 0 Å². The summed E-state index contributed by atoms with van der Waals surface area (Å²) >= 11 is 6.62. The van der Waals surface area contributed by atoms with Crippen molar-refractivity contribution in [3.05, 3.63) is 71.3 Å². The van der Waals surface area contributed by atoms with E-state index >= 15 is 0 Å². The van der Waals surface area contributed by atoms with Crippen LogP contribution in [0.4, 0.5) is 0 Å². The van der Waals surface area contributed by atoms with Crippen molar-refractivity contribution in [2.75, 3.05) is 13.7 Å². The summed E-state index contributed by atoms with van der Waals surface area (Å²) in [7, 11) is 1.73. The predicted molar refractivity (Wildman–Crippen MR) is 85.5 cm³/mol. The third kappa shape index (κ3) is 3.84. The Morgan fingerprint density at radius 3 is 2.20 bits per heavy atom. The molecule has 20 heavy (non-hydrogen) atoms. The first-order chi connectivity index (χ1) is 9.72. The second-order valence-electron chi connectivity index (χ2n) is 5.09. The van der Waals surface area contributed by atoms with E-state index in [9.17, 15) is 0 Å². The second kappa shape index (κ2) is 7.47. The van der Waals surface area contributed by atoms with Crippen molar-refractivity contribution in [2.24, 2.45) is 0 Å². The van der Waals surface area contributed by atoms with Gasteiger partial charge in [-0.05, 0) is 23.1 Å². The predicted octanol–water partition coefficient (Wildman–Crippen LogP) is 4.96. The van der Waals surface area contributed by atoms with E-state index in [1.54, 1.807) is 7.11 Å². The summed E-state index contributed by atoms with van der Waals surface area (Å²) in [6, 6.07) is 18.9. The van der Waals surface area contributed by atoms with E-state index in [0.717, 1.165) is 13.0 Å². The third-order valence-corrected chi connectivity index (χ3v) is 4.29. The third-order valence-electron chi connectivity index (χ3n) is 3.66. The van der Waals surface area contributed by atoms with Crippen LogP contribution in [-0.2, 0) is 11.2 Å². The Labute approximate surface area is 126 Å². The average Bonchev–Trinajstić information content (AvgIpc) is 2.53. The monoisotopic (exact) mass is 288 g/mol. The number of halogens is 1. The van der Waals surface area contributed by atoms with Gasteiger partial charge in [0.15, 0.2) is 0 Å². The lowest BCUT2D eigenvalue weighted by Gasteiger charge is -2.19. The molecule has 0 spiro atoms. The minimum absolute atomic E-state index is 0.00567. The molecule has 0 heterocycles. The van der Waals surface area contributed by atoms with Gasteiger partial charge >= 0.3 is 0 Å². The summed E-state index contributed by atoms with van der Waals surface area (Å²) in [5.74, 6) is 0.294. The maximum absolute atomic E-state index is 6.62. The minimum Gasteiger partial charge on any atom is -0.384 e. The molecular formula is C18H21ClO. The van der Waals surface area contributed by atoms with Crippen molar-refractivity contribution in [2.45, 2.75) is 24.6 Å². The Balaban J connectivity index is 2.07. The second-order valence-corrected chi connectivity index (χ2v) is 5.56. The van der Waals surface area contributed by atoms with Crippen LogP contribution in [0.25, 0.3) is 0 Å². The van der Waals surface area contributed by atoms with E-state index in [1.807, 2.05) is 6.07 Å². The molecular weight excluding hydrogens is 268 g/mol. The van der Waals surface area contributed by atoms with Crippen molar-refractivity contribution in [3.63, 3.8) is 0 Å². The SMILES string of the molecule is COCCc1ccc(C(Cl)C(C)c2ccccc2)cc1. The van der Waals surface area contributed by atoms with Crippen LogP contribution in [0.5, 0.6) is 0 Å². The molecule has 0 saturated carbocycles. The Bertz CT molecular complexity index is 507. The van der Waals surface area contributed by atoms with Crippen molar-refractivity contribution < 1.29 is 4.74 Å². The molecule has 2 unspecified atom stereocenters. The first-order valence-corrected chi connectivity index (χ1v) is 7.43. The normalized spacial score (nSPS) is 13.9. The summed E-state index contributed by atoms with van der Waals surface area (Å²) in [4.78, 5) is 0. The van der Waals surface area contributed by atoms with Crippen LogP contribution in [0.1, 0.15) is 34.9 Å². The van der Waals surface area contributed by atoms with Gasteiger partial charge < -0.3 is 4.74 Å². The van der Waals surface area contributed by atoms with Crippen LogP contribution >= 0.6 is 11.6 Å². The molecule has 0 aromatic heterocycles. The molecule has 0 aliphatic rings. The van der Waals surface area contributed by atoms with Gasteiger partial charge in [-0.3, -0.25) is 0 Å². The number of hydrogen-bond acceptors (Lipinski definition) is 1. The molecule has 2 heteroatoms. The molecule has 0 bridgehead atoms. The number of ether oxygens (including phenoxy) is 1. The number of alkyl halides is 1. The summed E-state index contributed by atoms with van der Waals surface area (Å²) in [5.41, 5.74) is 3.73. The Hall–Kier alpha value is -1.31. The number of hydrogen-bond donors (Lipinski definition) is 0. The van der Waals surface area contributed by atoms with Gasteiger partial charge in [0, 0.05) is 13.0 Å². The molecule has 2 atom stereocenters. The van der Waals surface area contributed by atoms with Crippen LogP contribution < -0.4 is 0 Å². The van der Waals surface area contributed by atoms with Gasteiger partial charge in [-0.2, -0.15) is 0 Å². The highest BCUT2D eigenvalue weighted by Crippen LogP contribution is 2.35. The van der Waals surface area contributed by atoms with E-state index in [2.05, 4.69) is 55.5 Å². The summed E-state index contributed by atoms with van der Waals surface area (Å²) < 4.78 is 5.09. The highest BCUT2D eigenvalue weighted by Gasteiger charge is 2.18. The van der Waals surface area contributed by atoms with Crippen LogP contribution in [0.15, 0.2) is 54.6 Å². The zero-order chi connectivity index (χ0) is 14.4. The molecule has 2 rings (SSSR count). The molecule has 0 N–H and O–H groups in total. The van der Waals surface area contributed by atoms with Crippen molar-refractivity contribution in [3.8, 4) is 0 Å². The van der Waals surface area contributed by atoms with Gasteiger partial charge in [0.1, 0.15) is 0 Å². The smallest absolute Gasteiger partial charge is 0.0651 e. The van der Waals surface area contributed by atoms with Gasteiger partial charge in [0.2, 0.25) is 0 Å². The van der Waals surface area contributed by atoms with Gasteiger partial charge in [-0.1, -0.05) is 61.5 Å². The van der Waals surface area contributed by atoms with E-state index < -0.39 is 0 Å². The van der Waals surface area contributed by atoms with E-state index in [0.29, 0.717) is 5.92 Å². The molecule has 0 aliphatic carbocycles. The molecule has 1 nitrogen and oxygen atoms in total. The van der Waals surface area contributed by atoms with Crippen LogP contribution in [-0.4, -0.2) is 13.7 Å². The van der Waals surface area contributed by atoms with Gasteiger partial charge in [0.05, 0.1) is 12.0 Å². The maximum Gasteiger partial charge on any atom is 0.0651 e. The molecule has 2 aromatic carbocycles. The topological polar surface area (TPSA) is 9.23 Å². The van der Waals surface area contributed by atoms with Crippen molar-refractivity contribution in [1.29, 1.82) is 0 Å². The highest BCUT2D eigenvalue weighted by molar-refractivity contribution is 6.21. The summed E-state index contributed by atoms with van der Waals surface area (Å²) in [6.45, 7) is 2.93. The van der Waals surface area contributed by atoms with Gasteiger partial charge in [-0.25, -0.2) is 0 Å². The quantitative estimate of drug-likeness (QED) is 0.683. The molecule has 106 valence electrons. The van der Waals surface area contributed by atoms with E-state index in [1.165, 1.54) is 16.7 Å². The van der Waals surface area contributed by atoms with Crippen LogP contribution in [0.2, 0.25) is 0 Å². The van der Waals surface area contributed by atoms with E-state index in [-0.39, 0.29) is 5.38 Å². The molecule has 0 radical (unpaired) electrons. The Morgan fingerprint density at radius 2 is 1.60 bits per heavy atom. The number of rotatable bonds is 6. The zero-order valence-electron chi connectivity index (χ0n) is 12.1. The standard InChI is InChI=1S/C18H21ClO/c1-14(16-6-4-3-5-7-16)18(19)17-10-8-15(9-11-17)12-13-20-2/h3-11,14,18H,12-13H2,1-2H3. The van der Waals surface area contributed by atoms with Gasteiger partial charge in [-0.15, -0.1) is 11.6 Å². The summed E-state index contributed by atoms with van der Waals surface area (Å²) in [5, 5.41) is -0.00567. The maximum atomic E-state index is 6.62. The largest absolute Gasteiger partial charge is 0.384 e. The van der Waals surface area contributed by atoms with Crippen molar-refractivity contribution >= 4 is 11.6 Å². The fourth-order valence-electron chi connectivity index (χ4n) is 2.30. The molecule has 0 saturated heterocycles. The first-order valence-electron chi connectivity index (χ1n) is 6.99. The first kappa shape index (κ1) is 15.1.